The molecule has 2 aliphatic heterocycles. The topological polar surface area (TPSA) is 61.4 Å². The van der Waals surface area contributed by atoms with Gasteiger partial charge in [0.15, 0.2) is 0 Å². The van der Waals surface area contributed by atoms with Gasteiger partial charge >= 0.3 is 0 Å². The Morgan fingerprint density at radius 1 is 1.38 bits per heavy atom. The van der Waals surface area contributed by atoms with E-state index in [9.17, 15) is 9.59 Å². The third kappa shape index (κ3) is 3.98. The van der Waals surface area contributed by atoms with Gasteiger partial charge in [0.2, 0.25) is 5.91 Å². The maximum Gasteiger partial charge on any atom is 0.264 e. The van der Waals surface area contributed by atoms with E-state index in [2.05, 4.69) is 17.6 Å². The first-order valence-corrected chi connectivity index (χ1v) is 9.80. The van der Waals surface area contributed by atoms with Crippen LogP contribution < -0.4 is 10.6 Å². The van der Waals surface area contributed by atoms with Crippen molar-refractivity contribution in [1.82, 2.24) is 15.5 Å². The fraction of sp³-hybridized carbons (Fsp3) is 0.667. The summed E-state index contributed by atoms with van der Waals surface area (Å²) in [7, 11) is 0. The van der Waals surface area contributed by atoms with Crippen molar-refractivity contribution in [3.05, 3.63) is 22.4 Å². The molecule has 2 saturated heterocycles. The van der Waals surface area contributed by atoms with Crippen molar-refractivity contribution in [2.75, 3.05) is 26.2 Å². The van der Waals surface area contributed by atoms with Crippen molar-refractivity contribution in [3.8, 4) is 0 Å². The summed E-state index contributed by atoms with van der Waals surface area (Å²) in [5.74, 6) is 0.0114. The summed E-state index contributed by atoms with van der Waals surface area (Å²) < 4.78 is 0. The molecule has 0 spiro atoms. The van der Waals surface area contributed by atoms with Crippen LogP contribution in [0.1, 0.15) is 48.7 Å². The average Bonchev–Trinajstić information content (AvgIpc) is 3.14. The highest BCUT2D eigenvalue weighted by atomic mass is 32.1. The van der Waals surface area contributed by atoms with Crippen molar-refractivity contribution in [1.29, 1.82) is 0 Å². The SMILES string of the molecule is CC1(CNC(=O)C2CCCCN2C(=O)c2cccs2)CCNCC1. The van der Waals surface area contributed by atoms with Crippen LogP contribution in [-0.2, 0) is 4.79 Å². The van der Waals surface area contributed by atoms with Gasteiger partial charge in [0.25, 0.3) is 5.91 Å². The molecule has 3 rings (SSSR count). The van der Waals surface area contributed by atoms with Crippen LogP contribution in [-0.4, -0.2) is 48.9 Å². The lowest BCUT2D eigenvalue weighted by Gasteiger charge is -2.37. The van der Waals surface area contributed by atoms with Crippen LogP contribution in [0, 0.1) is 5.41 Å². The predicted octanol–water partition coefficient (Wildman–Crippen LogP) is 2.25. The molecule has 2 amide bonds. The first-order chi connectivity index (χ1) is 11.6. The molecule has 3 heterocycles. The van der Waals surface area contributed by atoms with Crippen LogP contribution in [0.5, 0.6) is 0 Å². The van der Waals surface area contributed by atoms with Gasteiger partial charge in [-0.2, -0.15) is 0 Å². The zero-order chi connectivity index (χ0) is 17.0. The Bertz CT molecular complexity index is 567. The van der Waals surface area contributed by atoms with Gasteiger partial charge in [-0.25, -0.2) is 0 Å². The molecule has 5 nitrogen and oxygen atoms in total. The second-order valence-corrected chi connectivity index (χ2v) is 8.21. The van der Waals surface area contributed by atoms with E-state index in [1.807, 2.05) is 17.5 Å². The van der Waals surface area contributed by atoms with Crippen LogP contribution in [0.3, 0.4) is 0 Å². The van der Waals surface area contributed by atoms with Crippen molar-refractivity contribution in [3.63, 3.8) is 0 Å². The molecule has 1 aromatic rings. The number of nitrogens with one attached hydrogen (secondary N) is 2. The van der Waals surface area contributed by atoms with E-state index in [-0.39, 0.29) is 23.3 Å². The van der Waals surface area contributed by atoms with Crippen LogP contribution in [0.2, 0.25) is 0 Å². The molecule has 6 heteroatoms. The van der Waals surface area contributed by atoms with E-state index < -0.39 is 0 Å². The first kappa shape index (κ1) is 17.4. The van der Waals surface area contributed by atoms with Gasteiger partial charge in [-0.3, -0.25) is 9.59 Å². The van der Waals surface area contributed by atoms with E-state index >= 15 is 0 Å². The normalized spacial score (nSPS) is 23.7. The number of piperidine rings is 2. The number of nitrogens with zero attached hydrogens (tertiary/aromatic N) is 1. The second-order valence-electron chi connectivity index (χ2n) is 7.27. The maximum absolute atomic E-state index is 12.8. The van der Waals surface area contributed by atoms with Gasteiger partial charge in [-0.15, -0.1) is 11.3 Å². The van der Waals surface area contributed by atoms with Gasteiger partial charge in [-0.05, 0) is 62.1 Å². The van der Waals surface area contributed by atoms with Gasteiger partial charge in [-0.1, -0.05) is 13.0 Å². The molecule has 0 aliphatic carbocycles. The second kappa shape index (κ2) is 7.66. The van der Waals surface area contributed by atoms with Crippen molar-refractivity contribution >= 4 is 23.2 Å². The third-order valence-electron chi connectivity index (χ3n) is 5.30. The van der Waals surface area contributed by atoms with Gasteiger partial charge in [0.1, 0.15) is 6.04 Å². The highest BCUT2D eigenvalue weighted by molar-refractivity contribution is 7.12. The number of hydrogen-bond acceptors (Lipinski definition) is 4. The molecule has 2 N–H and O–H groups in total. The molecule has 1 aromatic heterocycles. The molecule has 0 bridgehead atoms. The zero-order valence-corrected chi connectivity index (χ0v) is 15.2. The van der Waals surface area contributed by atoms with Crippen molar-refractivity contribution in [2.45, 2.75) is 45.1 Å². The van der Waals surface area contributed by atoms with Crippen molar-refractivity contribution < 1.29 is 9.59 Å². The monoisotopic (exact) mass is 349 g/mol. The number of amides is 2. The summed E-state index contributed by atoms with van der Waals surface area (Å²) in [5, 5.41) is 8.41. The van der Waals surface area contributed by atoms with Gasteiger partial charge in [0.05, 0.1) is 4.88 Å². The molecule has 24 heavy (non-hydrogen) atoms. The minimum absolute atomic E-state index is 0.00192. The standard InChI is InChI=1S/C18H27N3O2S/c1-18(7-9-19-10-8-18)13-20-16(22)14-5-2-3-11-21(14)17(23)15-6-4-12-24-15/h4,6,12,14,19H,2-3,5,7-11,13H2,1H3,(H,20,22). The lowest BCUT2D eigenvalue weighted by atomic mass is 9.81. The van der Waals surface area contributed by atoms with Gasteiger partial charge < -0.3 is 15.5 Å². The first-order valence-electron chi connectivity index (χ1n) is 8.92. The van der Waals surface area contributed by atoms with Crippen LogP contribution in [0.15, 0.2) is 17.5 Å². The van der Waals surface area contributed by atoms with E-state index in [0.29, 0.717) is 13.1 Å². The summed E-state index contributed by atoms with van der Waals surface area (Å²) in [4.78, 5) is 27.9. The molecule has 2 fully saturated rings. The highest BCUT2D eigenvalue weighted by Gasteiger charge is 2.34. The molecule has 132 valence electrons. The third-order valence-corrected chi connectivity index (χ3v) is 6.16. The Morgan fingerprint density at radius 3 is 2.88 bits per heavy atom. The Hall–Kier alpha value is -1.40. The van der Waals surface area contributed by atoms with E-state index in [1.165, 1.54) is 11.3 Å². The molecule has 0 saturated carbocycles. The zero-order valence-electron chi connectivity index (χ0n) is 14.3. The molecule has 0 aromatic carbocycles. The summed E-state index contributed by atoms with van der Waals surface area (Å²) in [6.45, 7) is 5.64. The van der Waals surface area contributed by atoms with Crippen LogP contribution in [0.4, 0.5) is 0 Å². The largest absolute Gasteiger partial charge is 0.354 e. The number of carbonyl (C=O) groups excluding carboxylic acids is 2. The van der Waals surface area contributed by atoms with Crippen molar-refractivity contribution in [2.24, 2.45) is 5.41 Å². The van der Waals surface area contributed by atoms with Crippen LogP contribution in [0.25, 0.3) is 0 Å². The summed E-state index contributed by atoms with van der Waals surface area (Å²) >= 11 is 1.44. The number of hydrogen-bond donors (Lipinski definition) is 2. The maximum atomic E-state index is 12.8. The minimum atomic E-state index is -0.321. The van der Waals surface area contributed by atoms with Gasteiger partial charge in [0, 0.05) is 13.1 Å². The summed E-state index contributed by atoms with van der Waals surface area (Å²) in [5.41, 5.74) is 0.165. The lowest BCUT2D eigenvalue weighted by Crippen LogP contribution is -2.53. The molecular weight excluding hydrogens is 322 g/mol. The highest BCUT2D eigenvalue weighted by Crippen LogP contribution is 2.27. The molecular formula is C18H27N3O2S. The van der Waals surface area contributed by atoms with Crippen LogP contribution >= 0.6 is 11.3 Å². The summed E-state index contributed by atoms with van der Waals surface area (Å²) in [6, 6.07) is 3.40. The number of rotatable bonds is 4. The average molecular weight is 350 g/mol. The predicted molar refractivity (Wildman–Crippen MR) is 96.2 cm³/mol. The quantitative estimate of drug-likeness (QED) is 0.876. The molecule has 1 unspecified atom stereocenters. The fourth-order valence-electron chi connectivity index (χ4n) is 3.61. The smallest absolute Gasteiger partial charge is 0.264 e. The molecule has 0 radical (unpaired) electrons. The molecule has 2 aliphatic rings. The minimum Gasteiger partial charge on any atom is -0.354 e. The number of likely N-dealkylation sites (tertiary alicyclic amines) is 1. The Labute approximate surface area is 147 Å². The molecule has 1 atom stereocenters. The Kier molecular flexibility index (Phi) is 5.56. The summed E-state index contributed by atoms with van der Waals surface area (Å²) in [6.07, 6.45) is 4.91. The fourth-order valence-corrected chi connectivity index (χ4v) is 4.29. The van der Waals surface area contributed by atoms with E-state index in [4.69, 9.17) is 0 Å². The number of thiophene rings is 1. The van der Waals surface area contributed by atoms with E-state index in [0.717, 1.165) is 50.1 Å². The lowest BCUT2D eigenvalue weighted by molar-refractivity contribution is -0.127. The Morgan fingerprint density at radius 2 is 2.17 bits per heavy atom. The number of carbonyl (C=O) groups is 2. The van der Waals surface area contributed by atoms with E-state index in [1.54, 1.807) is 4.90 Å². The Balaban J connectivity index is 1.62.